The SMILES string of the molecule is CCCc1ccc(-c2ccc(N(C[C@@H](N)[C@@H](C)CC)C(=O)[C@H]3C[C@@H]3c3cccc(C)n3)cc2)cc1. The van der Waals surface area contributed by atoms with Crippen molar-refractivity contribution in [2.45, 2.75) is 65.3 Å². The Morgan fingerprint density at radius 1 is 1.03 bits per heavy atom. The average Bonchev–Trinajstić information content (AvgIpc) is 3.68. The molecule has 0 unspecified atom stereocenters. The van der Waals surface area contributed by atoms with Crippen molar-refractivity contribution >= 4 is 11.6 Å². The number of hydrogen-bond acceptors (Lipinski definition) is 3. The summed E-state index contributed by atoms with van der Waals surface area (Å²) in [5.74, 6) is 0.679. The standard InChI is InChI=1S/C31H39N3O/c1-5-8-23-11-13-24(14-12-23)25-15-17-26(18-16-25)34(20-29(32)21(3)6-2)31(35)28-19-27(28)30-10-7-9-22(4)33-30/h7,9-18,21,27-29H,5-6,8,19-20,32H2,1-4H3/t21-,27-,28-,29+/m0/s1. The largest absolute Gasteiger partial charge is 0.326 e. The van der Waals surface area contributed by atoms with Crippen LogP contribution in [0.25, 0.3) is 11.1 Å². The molecule has 0 radical (unpaired) electrons. The van der Waals surface area contributed by atoms with Gasteiger partial charge in [-0.15, -0.1) is 0 Å². The number of carbonyl (C=O) groups is 1. The zero-order valence-corrected chi connectivity index (χ0v) is 21.6. The van der Waals surface area contributed by atoms with E-state index in [1.165, 1.54) is 11.1 Å². The van der Waals surface area contributed by atoms with Gasteiger partial charge in [-0.2, -0.15) is 0 Å². The first-order valence-corrected chi connectivity index (χ1v) is 13.1. The smallest absolute Gasteiger partial charge is 0.230 e. The van der Waals surface area contributed by atoms with Crippen LogP contribution in [0.4, 0.5) is 5.69 Å². The van der Waals surface area contributed by atoms with Crippen molar-refractivity contribution in [3.63, 3.8) is 0 Å². The number of hydrogen-bond donors (Lipinski definition) is 1. The zero-order chi connectivity index (χ0) is 24.9. The van der Waals surface area contributed by atoms with E-state index in [2.05, 4.69) is 74.3 Å². The van der Waals surface area contributed by atoms with Gasteiger partial charge >= 0.3 is 0 Å². The molecular weight excluding hydrogens is 430 g/mol. The van der Waals surface area contributed by atoms with Crippen LogP contribution in [0.5, 0.6) is 0 Å². The summed E-state index contributed by atoms with van der Waals surface area (Å²) < 4.78 is 0. The number of pyridine rings is 1. The molecule has 1 amide bonds. The molecule has 4 atom stereocenters. The molecule has 1 heterocycles. The molecule has 2 N–H and O–H groups in total. The molecule has 4 nitrogen and oxygen atoms in total. The Morgan fingerprint density at radius 3 is 2.29 bits per heavy atom. The summed E-state index contributed by atoms with van der Waals surface area (Å²) in [7, 11) is 0. The molecule has 0 saturated heterocycles. The molecule has 1 fully saturated rings. The fourth-order valence-corrected chi connectivity index (χ4v) is 4.77. The average molecular weight is 470 g/mol. The maximum atomic E-state index is 13.7. The lowest BCUT2D eigenvalue weighted by molar-refractivity contribution is -0.120. The minimum Gasteiger partial charge on any atom is -0.326 e. The van der Waals surface area contributed by atoms with E-state index in [0.717, 1.165) is 48.3 Å². The molecule has 1 aliphatic carbocycles. The molecular formula is C31H39N3O. The number of amides is 1. The second kappa shape index (κ2) is 11.2. The molecule has 3 aromatic rings. The number of benzene rings is 2. The summed E-state index contributed by atoms with van der Waals surface area (Å²) in [6, 6.07) is 23.2. The van der Waals surface area contributed by atoms with Crippen LogP contribution in [0.2, 0.25) is 0 Å². The molecule has 0 bridgehead atoms. The fraction of sp³-hybridized carbons (Fsp3) is 0.419. The summed E-state index contributed by atoms with van der Waals surface area (Å²) in [6.07, 6.45) is 4.10. The maximum Gasteiger partial charge on any atom is 0.230 e. The molecule has 1 aromatic heterocycles. The van der Waals surface area contributed by atoms with Crippen LogP contribution >= 0.6 is 0 Å². The highest BCUT2D eigenvalue weighted by Crippen LogP contribution is 2.48. The van der Waals surface area contributed by atoms with Gasteiger partial charge in [0.25, 0.3) is 0 Å². The Balaban J connectivity index is 1.55. The van der Waals surface area contributed by atoms with Crippen molar-refractivity contribution in [3.8, 4) is 11.1 Å². The molecule has 0 aliphatic heterocycles. The molecule has 35 heavy (non-hydrogen) atoms. The molecule has 4 rings (SSSR count). The van der Waals surface area contributed by atoms with Crippen LogP contribution in [-0.4, -0.2) is 23.5 Å². The van der Waals surface area contributed by atoms with Gasteiger partial charge in [0, 0.05) is 41.5 Å². The van der Waals surface area contributed by atoms with Gasteiger partial charge < -0.3 is 10.6 Å². The third-order valence-corrected chi connectivity index (χ3v) is 7.44. The van der Waals surface area contributed by atoms with Gasteiger partial charge in [-0.3, -0.25) is 9.78 Å². The summed E-state index contributed by atoms with van der Waals surface area (Å²) in [4.78, 5) is 20.3. The third-order valence-electron chi connectivity index (χ3n) is 7.44. The number of nitrogens with two attached hydrogens (primary N) is 1. The van der Waals surface area contributed by atoms with Crippen molar-refractivity contribution in [2.24, 2.45) is 17.6 Å². The van der Waals surface area contributed by atoms with Crippen LogP contribution in [0.3, 0.4) is 0 Å². The summed E-state index contributed by atoms with van der Waals surface area (Å²) in [5, 5.41) is 0. The number of nitrogens with zero attached hydrogens (tertiary/aromatic N) is 2. The highest BCUT2D eigenvalue weighted by molar-refractivity contribution is 5.97. The molecule has 4 heteroatoms. The quantitative estimate of drug-likeness (QED) is 0.368. The summed E-state index contributed by atoms with van der Waals surface area (Å²) >= 11 is 0. The molecule has 1 saturated carbocycles. The maximum absolute atomic E-state index is 13.7. The molecule has 0 spiro atoms. The minimum atomic E-state index is -0.0657. The number of carbonyl (C=O) groups excluding carboxylic acids is 1. The van der Waals surface area contributed by atoms with Gasteiger partial charge in [-0.05, 0) is 66.6 Å². The van der Waals surface area contributed by atoms with Crippen molar-refractivity contribution in [3.05, 3.63) is 83.7 Å². The Morgan fingerprint density at radius 2 is 1.69 bits per heavy atom. The number of rotatable bonds is 10. The fourth-order valence-electron chi connectivity index (χ4n) is 4.77. The Labute approximate surface area is 210 Å². The lowest BCUT2D eigenvalue weighted by atomic mass is 9.98. The third kappa shape index (κ3) is 5.99. The van der Waals surface area contributed by atoms with Crippen LogP contribution < -0.4 is 10.6 Å². The molecule has 2 aromatic carbocycles. The second-order valence-electron chi connectivity index (χ2n) is 10.1. The van der Waals surface area contributed by atoms with E-state index in [1.807, 2.05) is 30.0 Å². The van der Waals surface area contributed by atoms with E-state index in [0.29, 0.717) is 12.5 Å². The Kier molecular flexibility index (Phi) is 8.02. The van der Waals surface area contributed by atoms with Gasteiger partial charge in [0.15, 0.2) is 0 Å². The number of aromatic nitrogens is 1. The highest BCUT2D eigenvalue weighted by atomic mass is 16.2. The van der Waals surface area contributed by atoms with Gasteiger partial charge in [-0.25, -0.2) is 0 Å². The number of anilines is 1. The van der Waals surface area contributed by atoms with Crippen molar-refractivity contribution < 1.29 is 4.79 Å². The molecule has 184 valence electrons. The van der Waals surface area contributed by atoms with Gasteiger partial charge in [0.05, 0.1) is 0 Å². The summed E-state index contributed by atoms with van der Waals surface area (Å²) in [6.45, 7) is 9.04. The van der Waals surface area contributed by atoms with E-state index in [4.69, 9.17) is 5.73 Å². The van der Waals surface area contributed by atoms with Gasteiger partial charge in [0.2, 0.25) is 5.91 Å². The van der Waals surface area contributed by atoms with Crippen LogP contribution in [0.1, 0.15) is 62.9 Å². The lowest BCUT2D eigenvalue weighted by Crippen LogP contribution is -2.45. The van der Waals surface area contributed by atoms with Crippen LogP contribution in [0, 0.1) is 18.8 Å². The highest BCUT2D eigenvalue weighted by Gasteiger charge is 2.47. The van der Waals surface area contributed by atoms with Gasteiger partial charge in [-0.1, -0.05) is 76.1 Å². The van der Waals surface area contributed by atoms with E-state index < -0.39 is 0 Å². The van der Waals surface area contributed by atoms with E-state index >= 15 is 0 Å². The second-order valence-corrected chi connectivity index (χ2v) is 10.1. The topological polar surface area (TPSA) is 59.2 Å². The first kappa shape index (κ1) is 25.1. The normalized spacial score (nSPS) is 18.7. The van der Waals surface area contributed by atoms with E-state index in [1.54, 1.807) is 0 Å². The van der Waals surface area contributed by atoms with Gasteiger partial charge in [0.1, 0.15) is 0 Å². The van der Waals surface area contributed by atoms with Crippen LogP contribution in [0.15, 0.2) is 66.7 Å². The molecule has 1 aliphatic rings. The van der Waals surface area contributed by atoms with E-state index in [9.17, 15) is 4.79 Å². The first-order chi connectivity index (χ1) is 16.9. The Bertz CT molecular complexity index is 1120. The van der Waals surface area contributed by atoms with Crippen molar-refractivity contribution in [2.75, 3.05) is 11.4 Å². The monoisotopic (exact) mass is 469 g/mol. The minimum absolute atomic E-state index is 0.0285. The lowest BCUT2D eigenvalue weighted by Gasteiger charge is -2.29. The first-order valence-electron chi connectivity index (χ1n) is 13.1. The van der Waals surface area contributed by atoms with E-state index in [-0.39, 0.29) is 23.8 Å². The van der Waals surface area contributed by atoms with Crippen molar-refractivity contribution in [1.82, 2.24) is 4.98 Å². The predicted octanol–water partition coefficient (Wildman–Crippen LogP) is 6.52. The number of aryl methyl sites for hydroxylation is 2. The summed E-state index contributed by atoms with van der Waals surface area (Å²) in [5.41, 5.74) is 13.2. The van der Waals surface area contributed by atoms with Crippen molar-refractivity contribution in [1.29, 1.82) is 0 Å². The predicted molar refractivity (Wildman–Crippen MR) is 145 cm³/mol. The zero-order valence-electron chi connectivity index (χ0n) is 21.6. The Hall–Kier alpha value is -2.98. The van der Waals surface area contributed by atoms with Crippen LogP contribution in [-0.2, 0) is 11.2 Å².